The Morgan fingerprint density at radius 1 is 1.00 bits per heavy atom. The second kappa shape index (κ2) is 6.30. The van der Waals surface area contributed by atoms with E-state index in [0.717, 1.165) is 19.4 Å². The van der Waals surface area contributed by atoms with Crippen molar-refractivity contribution in [3.8, 4) is 11.8 Å². The minimum atomic E-state index is 0.383. The number of hydrogen-bond donors (Lipinski definition) is 2. The second-order valence-electron chi connectivity index (χ2n) is 7.17. The molecule has 3 atom stereocenters. The van der Waals surface area contributed by atoms with E-state index in [-0.39, 0.29) is 0 Å². The highest BCUT2D eigenvalue weighted by Crippen LogP contribution is 2.40. The lowest BCUT2D eigenvalue weighted by atomic mass is 9.93. The van der Waals surface area contributed by atoms with Crippen LogP contribution in [0.25, 0.3) is 0 Å². The maximum Gasteiger partial charge on any atom is 0.115 e. The van der Waals surface area contributed by atoms with Gasteiger partial charge in [0.1, 0.15) is 5.75 Å². The van der Waals surface area contributed by atoms with Gasteiger partial charge in [-0.15, -0.1) is 0 Å². The molecule has 1 saturated carbocycles. The lowest BCUT2D eigenvalue weighted by Crippen LogP contribution is -2.37. The summed E-state index contributed by atoms with van der Waals surface area (Å²) in [4.78, 5) is 0. The van der Waals surface area contributed by atoms with Gasteiger partial charge in [0.05, 0.1) is 11.6 Å². The van der Waals surface area contributed by atoms with Crippen LogP contribution in [0.3, 0.4) is 0 Å². The topological polar surface area (TPSA) is 56.0 Å². The number of aromatic hydroxyl groups is 1. The van der Waals surface area contributed by atoms with E-state index in [1.165, 1.54) is 29.5 Å². The summed E-state index contributed by atoms with van der Waals surface area (Å²) in [5.74, 6) is 1.71. The monoisotopic (exact) mass is 318 g/mol. The Morgan fingerprint density at radius 2 is 1.71 bits per heavy atom. The van der Waals surface area contributed by atoms with Crippen molar-refractivity contribution in [3.05, 3.63) is 64.7 Å². The number of nitrogens with zero attached hydrogens (tertiary/aromatic N) is 1. The molecule has 0 spiro atoms. The molecule has 122 valence electrons. The predicted molar refractivity (Wildman–Crippen MR) is 93.5 cm³/mol. The zero-order chi connectivity index (χ0) is 16.5. The Kier molecular flexibility index (Phi) is 4.00. The third-order valence-corrected chi connectivity index (χ3v) is 5.70. The fourth-order valence-corrected chi connectivity index (χ4v) is 4.46. The Labute approximate surface area is 142 Å². The zero-order valence-electron chi connectivity index (χ0n) is 13.7. The van der Waals surface area contributed by atoms with E-state index in [1.54, 1.807) is 0 Å². The number of hydrogen-bond acceptors (Lipinski definition) is 3. The highest BCUT2D eigenvalue weighted by molar-refractivity contribution is 5.37. The summed E-state index contributed by atoms with van der Waals surface area (Å²) in [7, 11) is 0. The van der Waals surface area contributed by atoms with E-state index in [9.17, 15) is 5.11 Å². The first-order valence-electron chi connectivity index (χ1n) is 8.76. The Hall–Kier alpha value is -2.31. The van der Waals surface area contributed by atoms with Gasteiger partial charge in [-0.3, -0.25) is 0 Å². The standard InChI is InChI=1S/C21H22N2O/c22-12-14-1-3-15(4-2-14)13-23-21-17-5-6-18(21)10-19-11-20(24)8-7-16(19)9-17/h1-4,7-8,11,17-18,21,23-24H,5-6,9-10,13H2. The molecule has 0 radical (unpaired) electrons. The van der Waals surface area contributed by atoms with Crippen LogP contribution in [0.1, 0.15) is 35.1 Å². The quantitative estimate of drug-likeness (QED) is 0.910. The fraction of sp³-hybridized carbons (Fsp3) is 0.381. The van der Waals surface area contributed by atoms with Crippen molar-refractivity contribution in [2.75, 3.05) is 0 Å². The van der Waals surface area contributed by atoms with Gasteiger partial charge in [0.2, 0.25) is 0 Å². The number of rotatable bonds is 3. The molecule has 3 nitrogen and oxygen atoms in total. The lowest BCUT2D eigenvalue weighted by Gasteiger charge is -2.24. The van der Waals surface area contributed by atoms with E-state index in [2.05, 4.69) is 17.5 Å². The SMILES string of the molecule is N#Cc1ccc(CNC2C3CCC2Cc2cc(O)ccc2C3)cc1. The summed E-state index contributed by atoms with van der Waals surface area (Å²) >= 11 is 0. The highest BCUT2D eigenvalue weighted by Gasteiger charge is 2.38. The number of nitriles is 1. The molecule has 2 N–H and O–H groups in total. The fourth-order valence-electron chi connectivity index (χ4n) is 4.46. The van der Waals surface area contributed by atoms with Gasteiger partial charge in [0, 0.05) is 12.6 Å². The minimum absolute atomic E-state index is 0.383. The molecule has 0 aromatic heterocycles. The van der Waals surface area contributed by atoms with Gasteiger partial charge in [-0.1, -0.05) is 18.2 Å². The normalized spacial score (nSPS) is 24.9. The molecule has 0 saturated heterocycles. The average molecular weight is 318 g/mol. The van der Waals surface area contributed by atoms with Gasteiger partial charge >= 0.3 is 0 Å². The molecule has 2 aromatic rings. The van der Waals surface area contributed by atoms with Gasteiger partial charge < -0.3 is 10.4 Å². The lowest BCUT2D eigenvalue weighted by molar-refractivity contribution is 0.340. The zero-order valence-corrected chi connectivity index (χ0v) is 13.7. The molecule has 3 heteroatoms. The van der Waals surface area contributed by atoms with Crippen LogP contribution in [0.4, 0.5) is 0 Å². The highest BCUT2D eigenvalue weighted by atomic mass is 16.3. The molecular formula is C21H22N2O. The molecule has 0 aliphatic heterocycles. The van der Waals surface area contributed by atoms with Crippen molar-refractivity contribution in [2.24, 2.45) is 11.8 Å². The summed E-state index contributed by atoms with van der Waals surface area (Å²) < 4.78 is 0. The number of benzene rings is 2. The van der Waals surface area contributed by atoms with Crippen LogP contribution in [0.15, 0.2) is 42.5 Å². The van der Waals surface area contributed by atoms with Crippen molar-refractivity contribution in [1.82, 2.24) is 5.32 Å². The van der Waals surface area contributed by atoms with Crippen molar-refractivity contribution in [3.63, 3.8) is 0 Å². The van der Waals surface area contributed by atoms with Crippen molar-refractivity contribution < 1.29 is 5.11 Å². The van der Waals surface area contributed by atoms with E-state index < -0.39 is 0 Å². The van der Waals surface area contributed by atoms with E-state index in [1.807, 2.05) is 36.4 Å². The van der Waals surface area contributed by atoms with Gasteiger partial charge in [0.15, 0.2) is 0 Å². The number of phenolic OH excluding ortho intramolecular Hbond substituents is 1. The number of nitrogens with one attached hydrogen (secondary N) is 1. The molecule has 0 amide bonds. The Balaban J connectivity index is 1.48. The molecular weight excluding hydrogens is 296 g/mol. The van der Waals surface area contributed by atoms with E-state index in [0.29, 0.717) is 29.2 Å². The summed E-state index contributed by atoms with van der Waals surface area (Å²) in [6.07, 6.45) is 4.73. The van der Waals surface area contributed by atoms with Crippen LogP contribution in [-0.4, -0.2) is 11.1 Å². The van der Waals surface area contributed by atoms with E-state index in [4.69, 9.17) is 5.26 Å². The maximum absolute atomic E-state index is 9.77. The smallest absolute Gasteiger partial charge is 0.115 e. The summed E-state index contributed by atoms with van der Waals surface area (Å²) in [5.41, 5.74) is 4.67. The van der Waals surface area contributed by atoms with Crippen molar-refractivity contribution in [2.45, 2.75) is 38.3 Å². The van der Waals surface area contributed by atoms with Crippen molar-refractivity contribution in [1.29, 1.82) is 5.26 Å². The summed E-state index contributed by atoms with van der Waals surface area (Å²) in [6.45, 7) is 0.852. The second-order valence-corrected chi connectivity index (χ2v) is 7.17. The molecule has 2 aliphatic rings. The maximum atomic E-state index is 9.77. The van der Waals surface area contributed by atoms with Crippen LogP contribution in [0, 0.1) is 23.2 Å². The third kappa shape index (κ3) is 2.90. The molecule has 1 fully saturated rings. The van der Waals surface area contributed by atoms with Crippen LogP contribution in [0.2, 0.25) is 0 Å². The van der Waals surface area contributed by atoms with Crippen LogP contribution >= 0.6 is 0 Å². The average Bonchev–Trinajstić information content (AvgIpc) is 2.88. The molecule has 24 heavy (non-hydrogen) atoms. The number of fused-ring (bicyclic) bond motifs is 3. The molecule has 2 bridgehead atoms. The first-order chi connectivity index (χ1) is 11.7. The van der Waals surface area contributed by atoms with Gasteiger partial charge in [0.25, 0.3) is 0 Å². The third-order valence-electron chi connectivity index (χ3n) is 5.70. The largest absolute Gasteiger partial charge is 0.508 e. The summed E-state index contributed by atoms with van der Waals surface area (Å²) in [5, 5.41) is 22.4. The van der Waals surface area contributed by atoms with E-state index >= 15 is 0 Å². The molecule has 2 aromatic carbocycles. The van der Waals surface area contributed by atoms with Crippen LogP contribution in [-0.2, 0) is 19.4 Å². The number of phenols is 1. The molecule has 4 rings (SSSR count). The van der Waals surface area contributed by atoms with Crippen LogP contribution < -0.4 is 5.32 Å². The first kappa shape index (κ1) is 15.2. The Bertz CT molecular complexity index is 775. The van der Waals surface area contributed by atoms with Crippen molar-refractivity contribution >= 4 is 0 Å². The molecule has 2 aliphatic carbocycles. The van der Waals surface area contributed by atoms with Gasteiger partial charge in [-0.05, 0) is 78.5 Å². The van der Waals surface area contributed by atoms with Gasteiger partial charge in [-0.25, -0.2) is 0 Å². The minimum Gasteiger partial charge on any atom is -0.508 e. The predicted octanol–water partition coefficient (Wildman–Crippen LogP) is 3.55. The van der Waals surface area contributed by atoms with Crippen LogP contribution in [0.5, 0.6) is 5.75 Å². The first-order valence-corrected chi connectivity index (χ1v) is 8.76. The Morgan fingerprint density at radius 3 is 2.42 bits per heavy atom. The van der Waals surface area contributed by atoms with Gasteiger partial charge in [-0.2, -0.15) is 5.26 Å². The molecule has 0 heterocycles. The summed E-state index contributed by atoms with van der Waals surface area (Å²) in [6, 6.07) is 16.4. The molecule has 3 unspecified atom stereocenters.